The van der Waals surface area contributed by atoms with Gasteiger partial charge in [-0.3, -0.25) is 0 Å². The van der Waals surface area contributed by atoms with Crippen LogP contribution in [0.1, 0.15) is 5.56 Å². The number of hydrogen-bond acceptors (Lipinski definition) is 4. The molecule has 0 radical (unpaired) electrons. The Morgan fingerprint density at radius 1 is 1.39 bits per heavy atom. The lowest BCUT2D eigenvalue weighted by atomic mass is 10.3. The van der Waals surface area contributed by atoms with Gasteiger partial charge in [0.2, 0.25) is 0 Å². The Hall–Kier alpha value is -2.11. The van der Waals surface area contributed by atoms with Crippen molar-refractivity contribution in [2.75, 3.05) is 24.3 Å². The van der Waals surface area contributed by atoms with Crippen molar-refractivity contribution in [2.24, 2.45) is 0 Å². The molecule has 0 aliphatic carbocycles. The number of aromatic nitrogens is 1. The fourth-order valence-electron chi connectivity index (χ4n) is 1.63. The second-order valence-electron chi connectivity index (χ2n) is 3.86. The molecule has 0 amide bonds. The number of rotatable bonds is 4. The lowest BCUT2D eigenvalue weighted by Crippen LogP contribution is -2.19. The summed E-state index contributed by atoms with van der Waals surface area (Å²) in [6.45, 7) is 0.426. The summed E-state index contributed by atoms with van der Waals surface area (Å²) in [6.07, 6.45) is 3.10. The quantitative estimate of drug-likeness (QED) is 0.909. The van der Waals surface area contributed by atoms with E-state index in [2.05, 4.69) is 10.3 Å². The van der Waals surface area contributed by atoms with Gasteiger partial charge < -0.3 is 14.6 Å². The van der Waals surface area contributed by atoms with Crippen LogP contribution in [0, 0.1) is 11.6 Å². The second-order valence-corrected chi connectivity index (χ2v) is 3.86. The van der Waals surface area contributed by atoms with E-state index >= 15 is 0 Å². The normalized spacial score (nSPS) is 10.4. The van der Waals surface area contributed by atoms with Crippen molar-refractivity contribution in [1.82, 2.24) is 4.98 Å². The summed E-state index contributed by atoms with van der Waals surface area (Å²) in [6, 6.07) is 2.59. The van der Waals surface area contributed by atoms with E-state index in [9.17, 15) is 8.78 Å². The number of hydrogen-bond donors (Lipinski definition) is 1. The van der Waals surface area contributed by atoms with E-state index in [1.807, 2.05) is 0 Å². The zero-order valence-electron chi connectivity index (χ0n) is 10.1. The van der Waals surface area contributed by atoms with Gasteiger partial charge in [-0.25, -0.2) is 13.8 Å². The summed E-state index contributed by atoms with van der Waals surface area (Å²) in [5.41, 5.74) is 0.883. The summed E-state index contributed by atoms with van der Waals surface area (Å²) in [5.74, 6) is -1.31. The van der Waals surface area contributed by atoms with E-state index < -0.39 is 11.6 Å². The van der Waals surface area contributed by atoms with Crippen molar-refractivity contribution in [3.05, 3.63) is 41.9 Å². The topological polar surface area (TPSA) is 41.3 Å². The first-order valence-corrected chi connectivity index (χ1v) is 5.38. The molecule has 0 fully saturated rings. The molecular weight excluding hydrogens is 240 g/mol. The lowest BCUT2D eigenvalue weighted by Gasteiger charge is -2.18. The Labute approximate surface area is 103 Å². The van der Waals surface area contributed by atoms with Gasteiger partial charge in [-0.2, -0.15) is 0 Å². The van der Waals surface area contributed by atoms with Crippen LogP contribution in [0.5, 0.6) is 0 Å². The van der Waals surface area contributed by atoms with Gasteiger partial charge in [0, 0.05) is 32.3 Å². The Morgan fingerprint density at radius 3 is 2.78 bits per heavy atom. The molecule has 2 aromatic heterocycles. The van der Waals surface area contributed by atoms with Crippen LogP contribution >= 0.6 is 0 Å². The zero-order valence-corrected chi connectivity index (χ0v) is 10.1. The molecule has 4 nitrogen and oxygen atoms in total. The molecule has 1 N–H and O–H groups in total. The first-order chi connectivity index (χ1) is 8.61. The predicted molar refractivity (Wildman–Crippen MR) is 64.5 cm³/mol. The molecule has 6 heteroatoms. The van der Waals surface area contributed by atoms with Crippen molar-refractivity contribution < 1.29 is 13.2 Å². The first kappa shape index (κ1) is 12.3. The Balaban J connectivity index is 2.26. The summed E-state index contributed by atoms with van der Waals surface area (Å²) in [7, 11) is 3.21. The molecule has 2 rings (SSSR count). The predicted octanol–water partition coefficient (Wildman–Crippen LogP) is 2.63. The number of nitrogens with one attached hydrogen (secondary N) is 1. The van der Waals surface area contributed by atoms with Gasteiger partial charge in [-0.1, -0.05) is 0 Å². The van der Waals surface area contributed by atoms with Gasteiger partial charge in [0.05, 0.1) is 12.5 Å². The van der Waals surface area contributed by atoms with Crippen LogP contribution in [-0.2, 0) is 6.54 Å². The fraction of sp³-hybridized carbons (Fsp3) is 0.250. The molecule has 0 aromatic carbocycles. The van der Waals surface area contributed by atoms with Crippen LogP contribution in [-0.4, -0.2) is 19.1 Å². The largest absolute Gasteiger partial charge is 0.472 e. The van der Waals surface area contributed by atoms with Crippen LogP contribution in [0.3, 0.4) is 0 Å². The van der Waals surface area contributed by atoms with Gasteiger partial charge in [-0.05, 0) is 6.07 Å². The molecule has 18 heavy (non-hydrogen) atoms. The van der Waals surface area contributed by atoms with Gasteiger partial charge in [0.25, 0.3) is 0 Å². The van der Waals surface area contributed by atoms with Gasteiger partial charge in [0.15, 0.2) is 23.3 Å². The van der Waals surface area contributed by atoms with Gasteiger partial charge >= 0.3 is 0 Å². The highest BCUT2D eigenvalue weighted by molar-refractivity contribution is 5.48. The van der Waals surface area contributed by atoms with E-state index in [0.717, 1.165) is 11.6 Å². The lowest BCUT2D eigenvalue weighted by molar-refractivity contribution is 0.561. The molecule has 0 saturated heterocycles. The van der Waals surface area contributed by atoms with Crippen molar-refractivity contribution in [3.8, 4) is 0 Å². The minimum atomic E-state index is -0.713. The van der Waals surface area contributed by atoms with Crippen LogP contribution in [0.15, 0.2) is 29.1 Å². The van der Waals surface area contributed by atoms with E-state index in [1.165, 1.54) is 13.3 Å². The van der Waals surface area contributed by atoms with E-state index in [-0.39, 0.29) is 11.6 Å². The third kappa shape index (κ3) is 2.42. The van der Waals surface area contributed by atoms with Gasteiger partial charge in [0.1, 0.15) is 0 Å². The second kappa shape index (κ2) is 5.03. The third-order valence-electron chi connectivity index (χ3n) is 2.51. The SMILES string of the molecule is CNc1nc(N(C)Cc2ccoc2)c(F)cc1F. The van der Waals surface area contributed by atoms with E-state index in [0.29, 0.717) is 6.54 Å². The van der Waals surface area contributed by atoms with Crippen molar-refractivity contribution >= 4 is 11.6 Å². The maximum atomic E-state index is 13.7. The van der Waals surface area contributed by atoms with Crippen LogP contribution in [0.4, 0.5) is 20.4 Å². The minimum Gasteiger partial charge on any atom is -0.472 e. The number of pyridine rings is 1. The maximum absolute atomic E-state index is 13.7. The highest BCUT2D eigenvalue weighted by Gasteiger charge is 2.15. The van der Waals surface area contributed by atoms with Crippen molar-refractivity contribution in [3.63, 3.8) is 0 Å². The number of halogens is 2. The van der Waals surface area contributed by atoms with E-state index in [4.69, 9.17) is 4.42 Å². The van der Waals surface area contributed by atoms with Crippen molar-refractivity contribution in [1.29, 1.82) is 0 Å². The Bertz CT molecular complexity index is 528. The summed E-state index contributed by atoms with van der Waals surface area (Å²) < 4.78 is 31.9. The summed E-state index contributed by atoms with van der Waals surface area (Å²) in [5, 5.41) is 2.58. The minimum absolute atomic E-state index is 0.0189. The number of nitrogens with zero attached hydrogens (tertiary/aromatic N) is 2. The molecule has 0 bridgehead atoms. The van der Waals surface area contributed by atoms with Crippen LogP contribution < -0.4 is 10.2 Å². The average Bonchev–Trinajstić information content (AvgIpc) is 2.81. The molecular formula is C12H13F2N3O. The van der Waals surface area contributed by atoms with Crippen molar-refractivity contribution in [2.45, 2.75) is 6.54 Å². The molecule has 0 spiro atoms. The highest BCUT2D eigenvalue weighted by atomic mass is 19.1. The molecule has 2 heterocycles. The highest BCUT2D eigenvalue weighted by Crippen LogP contribution is 2.22. The summed E-state index contributed by atoms with van der Waals surface area (Å²) >= 11 is 0. The molecule has 2 aromatic rings. The van der Waals surface area contributed by atoms with Crippen LogP contribution in [0.25, 0.3) is 0 Å². The van der Waals surface area contributed by atoms with E-state index in [1.54, 1.807) is 24.3 Å². The smallest absolute Gasteiger partial charge is 0.168 e. The monoisotopic (exact) mass is 253 g/mol. The molecule has 0 aliphatic rings. The molecule has 0 atom stereocenters. The van der Waals surface area contributed by atoms with Gasteiger partial charge in [-0.15, -0.1) is 0 Å². The Morgan fingerprint density at radius 2 is 2.17 bits per heavy atom. The molecule has 0 aliphatic heterocycles. The third-order valence-corrected chi connectivity index (χ3v) is 2.51. The standard InChI is InChI=1S/C12H13F2N3O/c1-15-11-9(13)5-10(14)12(16-11)17(2)6-8-3-4-18-7-8/h3-5,7H,6H2,1-2H3,(H,15,16). The number of furan rings is 1. The van der Waals surface area contributed by atoms with Crippen LogP contribution in [0.2, 0.25) is 0 Å². The fourth-order valence-corrected chi connectivity index (χ4v) is 1.63. The first-order valence-electron chi connectivity index (χ1n) is 5.38. The Kier molecular flexibility index (Phi) is 3.45. The molecule has 0 saturated carbocycles. The summed E-state index contributed by atoms with van der Waals surface area (Å²) in [4.78, 5) is 5.49. The zero-order chi connectivity index (χ0) is 13.1. The maximum Gasteiger partial charge on any atom is 0.168 e. The number of anilines is 2. The average molecular weight is 253 g/mol. The molecule has 96 valence electrons. The molecule has 0 unspecified atom stereocenters.